The number of thiophene rings is 1. The van der Waals surface area contributed by atoms with Crippen LogP contribution in [0.4, 0.5) is 0 Å². The van der Waals surface area contributed by atoms with Crippen LogP contribution in [0.1, 0.15) is 37.2 Å². The maximum Gasteiger partial charge on any atom is 0.262 e. The van der Waals surface area contributed by atoms with Gasteiger partial charge in [-0.05, 0) is 24.8 Å². The first kappa shape index (κ1) is 15.2. The molecule has 22 heavy (non-hydrogen) atoms. The molecule has 0 aliphatic heterocycles. The summed E-state index contributed by atoms with van der Waals surface area (Å²) in [6.45, 7) is 4.04. The van der Waals surface area contributed by atoms with E-state index in [1.54, 1.807) is 11.6 Å². The number of aromatic nitrogens is 4. The first-order valence-electron chi connectivity index (χ1n) is 7.03. The first-order chi connectivity index (χ1) is 10.6. The molecular formula is C14H16N4O2S2. The van der Waals surface area contributed by atoms with Crippen molar-refractivity contribution >= 4 is 33.3 Å². The molecule has 0 saturated carbocycles. The highest BCUT2D eigenvalue weighted by atomic mass is 32.2. The smallest absolute Gasteiger partial charge is 0.262 e. The maximum absolute atomic E-state index is 12.3. The van der Waals surface area contributed by atoms with Gasteiger partial charge in [0.05, 0.1) is 10.6 Å². The third-order valence-corrected chi connectivity index (χ3v) is 5.19. The lowest BCUT2D eigenvalue weighted by molar-refractivity contribution is 0.374. The summed E-state index contributed by atoms with van der Waals surface area (Å²) in [5.41, 5.74) is -0.0295. The molecule has 1 atom stereocenters. The Bertz CT molecular complexity index is 852. The summed E-state index contributed by atoms with van der Waals surface area (Å²) in [6, 6.07) is 1.81. The summed E-state index contributed by atoms with van der Waals surface area (Å²) in [4.78, 5) is 22.0. The Balaban J connectivity index is 1.88. The predicted molar refractivity (Wildman–Crippen MR) is 87.4 cm³/mol. The van der Waals surface area contributed by atoms with Crippen LogP contribution in [0.3, 0.4) is 0 Å². The Labute approximate surface area is 135 Å². The largest absolute Gasteiger partial charge is 0.338 e. The van der Waals surface area contributed by atoms with E-state index < -0.39 is 0 Å². The molecule has 0 spiro atoms. The number of rotatable bonds is 5. The van der Waals surface area contributed by atoms with Gasteiger partial charge in [-0.15, -0.1) is 11.3 Å². The third kappa shape index (κ3) is 2.80. The fourth-order valence-electron chi connectivity index (χ4n) is 2.05. The second-order valence-corrected chi connectivity index (χ2v) is 7.16. The Morgan fingerprint density at radius 1 is 1.45 bits per heavy atom. The average molecular weight is 336 g/mol. The van der Waals surface area contributed by atoms with Crippen LogP contribution in [-0.4, -0.2) is 19.7 Å². The molecule has 0 aliphatic rings. The normalized spacial score (nSPS) is 12.9. The summed E-state index contributed by atoms with van der Waals surface area (Å²) < 4.78 is 6.87. The van der Waals surface area contributed by atoms with E-state index in [1.807, 2.05) is 18.4 Å². The van der Waals surface area contributed by atoms with E-state index >= 15 is 0 Å². The van der Waals surface area contributed by atoms with E-state index in [4.69, 9.17) is 4.52 Å². The van der Waals surface area contributed by atoms with Crippen molar-refractivity contribution in [2.75, 3.05) is 0 Å². The lowest BCUT2D eigenvalue weighted by atomic mass is 10.3. The molecular weight excluding hydrogens is 320 g/mol. The van der Waals surface area contributed by atoms with Crippen LogP contribution in [0.2, 0.25) is 0 Å². The lowest BCUT2D eigenvalue weighted by Crippen LogP contribution is -2.19. The molecule has 0 N–H and O–H groups in total. The van der Waals surface area contributed by atoms with Crippen molar-refractivity contribution in [3.8, 4) is 0 Å². The summed E-state index contributed by atoms with van der Waals surface area (Å²) in [5.74, 6) is 1.29. The summed E-state index contributed by atoms with van der Waals surface area (Å²) in [6.07, 6.45) is 1.78. The topological polar surface area (TPSA) is 73.8 Å². The lowest BCUT2D eigenvalue weighted by Gasteiger charge is -2.09. The highest BCUT2D eigenvalue weighted by Gasteiger charge is 2.19. The molecule has 3 heterocycles. The average Bonchev–Trinajstić information content (AvgIpc) is 3.14. The van der Waals surface area contributed by atoms with Gasteiger partial charge in [-0.25, -0.2) is 4.98 Å². The minimum absolute atomic E-state index is 0.0295. The van der Waals surface area contributed by atoms with Gasteiger partial charge in [0.25, 0.3) is 5.56 Å². The number of aryl methyl sites for hydroxylation is 1. The molecule has 0 radical (unpaired) electrons. The molecule has 6 nitrogen and oxygen atoms in total. The van der Waals surface area contributed by atoms with Gasteiger partial charge in [0.15, 0.2) is 11.0 Å². The van der Waals surface area contributed by atoms with Crippen molar-refractivity contribution in [2.24, 2.45) is 7.05 Å². The van der Waals surface area contributed by atoms with Crippen molar-refractivity contribution in [1.29, 1.82) is 0 Å². The zero-order chi connectivity index (χ0) is 15.7. The van der Waals surface area contributed by atoms with Crippen molar-refractivity contribution in [2.45, 2.75) is 37.1 Å². The summed E-state index contributed by atoms with van der Waals surface area (Å²) >= 11 is 2.92. The Hall–Kier alpha value is -1.67. The minimum Gasteiger partial charge on any atom is -0.338 e. The SMILES string of the molecule is CCCc1noc(C(C)Sc2nc3sccc3c(=O)n2C)n1. The first-order valence-corrected chi connectivity index (χ1v) is 8.79. The molecule has 1 unspecified atom stereocenters. The molecule has 0 saturated heterocycles. The number of hydrogen-bond donors (Lipinski definition) is 0. The maximum atomic E-state index is 12.3. The Morgan fingerprint density at radius 3 is 3.05 bits per heavy atom. The molecule has 8 heteroatoms. The predicted octanol–water partition coefficient (Wildman–Crippen LogP) is 3.18. The molecule has 0 bridgehead atoms. The van der Waals surface area contributed by atoms with Crippen molar-refractivity contribution in [1.82, 2.24) is 19.7 Å². The van der Waals surface area contributed by atoms with Crippen molar-refractivity contribution in [3.63, 3.8) is 0 Å². The zero-order valence-electron chi connectivity index (χ0n) is 12.6. The molecule has 0 amide bonds. The van der Waals surface area contributed by atoms with Crippen LogP contribution in [-0.2, 0) is 13.5 Å². The van der Waals surface area contributed by atoms with Gasteiger partial charge < -0.3 is 4.52 Å². The van der Waals surface area contributed by atoms with Gasteiger partial charge in [-0.2, -0.15) is 4.98 Å². The van der Waals surface area contributed by atoms with Gasteiger partial charge in [0.2, 0.25) is 5.89 Å². The number of fused-ring (bicyclic) bond motifs is 1. The molecule has 0 aromatic carbocycles. The molecule has 3 rings (SSSR count). The number of hydrogen-bond acceptors (Lipinski definition) is 7. The fraction of sp³-hybridized carbons (Fsp3) is 0.429. The van der Waals surface area contributed by atoms with Crippen LogP contribution in [0.5, 0.6) is 0 Å². The summed E-state index contributed by atoms with van der Waals surface area (Å²) in [7, 11) is 1.73. The van der Waals surface area contributed by atoms with Gasteiger partial charge in [0, 0.05) is 13.5 Å². The van der Waals surface area contributed by atoms with E-state index in [1.165, 1.54) is 23.1 Å². The zero-order valence-corrected chi connectivity index (χ0v) is 14.2. The molecule has 116 valence electrons. The second-order valence-electron chi connectivity index (χ2n) is 4.96. The van der Waals surface area contributed by atoms with Gasteiger partial charge in [0.1, 0.15) is 4.83 Å². The van der Waals surface area contributed by atoms with Crippen LogP contribution in [0.15, 0.2) is 25.9 Å². The Kier molecular flexibility index (Phi) is 4.30. The van der Waals surface area contributed by atoms with Gasteiger partial charge in [-0.3, -0.25) is 9.36 Å². The minimum atomic E-state index is -0.0615. The van der Waals surface area contributed by atoms with E-state index in [0.717, 1.165) is 23.5 Å². The monoisotopic (exact) mass is 336 g/mol. The van der Waals surface area contributed by atoms with Crippen LogP contribution in [0.25, 0.3) is 10.2 Å². The molecule has 0 aliphatic carbocycles. The molecule has 0 fully saturated rings. The summed E-state index contributed by atoms with van der Waals surface area (Å²) in [5, 5.41) is 7.10. The van der Waals surface area contributed by atoms with E-state index in [0.29, 0.717) is 16.4 Å². The van der Waals surface area contributed by atoms with Crippen molar-refractivity contribution < 1.29 is 4.52 Å². The van der Waals surface area contributed by atoms with Crippen LogP contribution in [0, 0.1) is 0 Å². The fourth-order valence-corrected chi connectivity index (χ4v) is 3.76. The van der Waals surface area contributed by atoms with Crippen LogP contribution < -0.4 is 5.56 Å². The van der Waals surface area contributed by atoms with Crippen LogP contribution >= 0.6 is 23.1 Å². The van der Waals surface area contributed by atoms with Crippen molar-refractivity contribution in [3.05, 3.63) is 33.5 Å². The molecule has 3 aromatic rings. The molecule has 3 aromatic heterocycles. The standard InChI is InChI=1S/C14H16N4O2S2/c1-4-5-10-15-11(20-17-10)8(2)22-14-16-12-9(6-7-21-12)13(19)18(14)3/h6-8H,4-5H2,1-3H3. The quantitative estimate of drug-likeness (QED) is 0.526. The van der Waals surface area contributed by atoms with Gasteiger partial charge in [-0.1, -0.05) is 23.8 Å². The van der Waals surface area contributed by atoms with E-state index in [-0.39, 0.29) is 10.8 Å². The Morgan fingerprint density at radius 2 is 2.27 bits per heavy atom. The third-order valence-electron chi connectivity index (χ3n) is 3.25. The van der Waals surface area contributed by atoms with E-state index in [9.17, 15) is 4.79 Å². The number of nitrogens with zero attached hydrogens (tertiary/aromatic N) is 4. The highest BCUT2D eigenvalue weighted by molar-refractivity contribution is 7.99. The van der Waals surface area contributed by atoms with E-state index in [2.05, 4.69) is 22.0 Å². The van der Waals surface area contributed by atoms with Gasteiger partial charge >= 0.3 is 0 Å². The number of thioether (sulfide) groups is 1. The second kappa shape index (κ2) is 6.21. The highest BCUT2D eigenvalue weighted by Crippen LogP contribution is 2.33.